The Morgan fingerprint density at radius 3 is 2.57 bits per heavy atom. The van der Waals surface area contributed by atoms with Crippen LogP contribution in [0.2, 0.25) is 0 Å². The van der Waals surface area contributed by atoms with Gasteiger partial charge in [0.2, 0.25) is 5.89 Å². The van der Waals surface area contributed by atoms with Crippen LogP contribution in [0.4, 0.5) is 5.69 Å². The van der Waals surface area contributed by atoms with Crippen molar-refractivity contribution in [2.75, 3.05) is 38.1 Å². The first-order chi connectivity index (χ1) is 11.3. The number of piperazine rings is 1. The zero-order valence-corrected chi connectivity index (χ0v) is 13.6. The fourth-order valence-corrected chi connectivity index (χ4v) is 2.72. The van der Waals surface area contributed by atoms with Crippen LogP contribution in [0.25, 0.3) is 0 Å². The average Bonchev–Trinajstić information content (AvgIpc) is 3.02. The van der Waals surface area contributed by atoms with E-state index in [9.17, 15) is 0 Å². The SMILES string of the molecule is CN=C(NCc1noc(C)n1)N1CCN(c2ccccc2)CC1. The van der Waals surface area contributed by atoms with Crippen LogP contribution in [-0.2, 0) is 6.54 Å². The summed E-state index contributed by atoms with van der Waals surface area (Å²) in [6, 6.07) is 10.5. The molecule has 1 fully saturated rings. The highest BCUT2D eigenvalue weighted by atomic mass is 16.5. The van der Waals surface area contributed by atoms with E-state index in [0.717, 1.165) is 32.1 Å². The number of para-hydroxylation sites is 1. The molecule has 2 aromatic rings. The number of benzene rings is 1. The van der Waals surface area contributed by atoms with Crippen LogP contribution < -0.4 is 10.2 Å². The second-order valence-corrected chi connectivity index (χ2v) is 5.44. The molecule has 0 bridgehead atoms. The Kier molecular flexibility index (Phi) is 4.75. The average molecular weight is 314 g/mol. The minimum Gasteiger partial charge on any atom is -0.368 e. The summed E-state index contributed by atoms with van der Waals surface area (Å²) < 4.78 is 4.98. The van der Waals surface area contributed by atoms with Gasteiger partial charge in [0, 0.05) is 45.8 Å². The maximum absolute atomic E-state index is 4.98. The summed E-state index contributed by atoms with van der Waals surface area (Å²) in [5, 5.41) is 7.18. The van der Waals surface area contributed by atoms with Gasteiger partial charge in [0.25, 0.3) is 0 Å². The molecule has 1 aliphatic heterocycles. The van der Waals surface area contributed by atoms with Gasteiger partial charge < -0.3 is 19.6 Å². The van der Waals surface area contributed by atoms with Crippen LogP contribution >= 0.6 is 0 Å². The van der Waals surface area contributed by atoms with E-state index in [2.05, 4.69) is 54.5 Å². The fourth-order valence-electron chi connectivity index (χ4n) is 2.72. The van der Waals surface area contributed by atoms with Gasteiger partial charge in [-0.15, -0.1) is 0 Å². The zero-order chi connectivity index (χ0) is 16.1. The molecule has 0 saturated carbocycles. The number of aliphatic imine (C=N–C) groups is 1. The first kappa shape index (κ1) is 15.3. The van der Waals surface area contributed by atoms with Crippen molar-refractivity contribution < 1.29 is 4.52 Å². The van der Waals surface area contributed by atoms with E-state index in [1.54, 1.807) is 14.0 Å². The number of hydrogen-bond acceptors (Lipinski definition) is 5. The van der Waals surface area contributed by atoms with E-state index < -0.39 is 0 Å². The minimum absolute atomic E-state index is 0.517. The number of aromatic nitrogens is 2. The van der Waals surface area contributed by atoms with E-state index in [0.29, 0.717) is 18.3 Å². The van der Waals surface area contributed by atoms with Crippen molar-refractivity contribution in [1.29, 1.82) is 0 Å². The highest BCUT2D eigenvalue weighted by molar-refractivity contribution is 5.80. The predicted octanol–water partition coefficient (Wildman–Crippen LogP) is 1.28. The molecule has 0 aliphatic carbocycles. The van der Waals surface area contributed by atoms with Gasteiger partial charge >= 0.3 is 0 Å². The summed E-state index contributed by atoms with van der Waals surface area (Å²) in [5.74, 6) is 2.10. The van der Waals surface area contributed by atoms with Gasteiger partial charge in [-0.3, -0.25) is 4.99 Å². The Bertz CT molecular complexity index is 646. The van der Waals surface area contributed by atoms with Crippen LogP contribution in [0.5, 0.6) is 0 Å². The van der Waals surface area contributed by atoms with Gasteiger partial charge in [0.05, 0.1) is 6.54 Å². The van der Waals surface area contributed by atoms with E-state index in [1.165, 1.54) is 5.69 Å². The lowest BCUT2D eigenvalue weighted by molar-refractivity contribution is 0.369. The third-order valence-electron chi connectivity index (χ3n) is 3.89. The molecular weight excluding hydrogens is 292 g/mol. The lowest BCUT2D eigenvalue weighted by Crippen LogP contribution is -2.52. The summed E-state index contributed by atoms with van der Waals surface area (Å²) in [6.45, 7) is 6.12. The predicted molar refractivity (Wildman–Crippen MR) is 89.5 cm³/mol. The molecule has 0 amide bonds. The number of hydrogen-bond donors (Lipinski definition) is 1. The van der Waals surface area contributed by atoms with Crippen LogP contribution in [0, 0.1) is 6.92 Å². The van der Waals surface area contributed by atoms with Gasteiger partial charge in [-0.1, -0.05) is 23.4 Å². The third-order valence-corrected chi connectivity index (χ3v) is 3.89. The smallest absolute Gasteiger partial charge is 0.223 e. The molecule has 1 aliphatic rings. The molecule has 0 atom stereocenters. The summed E-state index contributed by atoms with van der Waals surface area (Å²) in [5.41, 5.74) is 1.28. The van der Waals surface area contributed by atoms with Crippen LogP contribution in [-0.4, -0.2) is 54.2 Å². The summed E-state index contributed by atoms with van der Waals surface area (Å²) in [7, 11) is 1.80. The van der Waals surface area contributed by atoms with Crippen LogP contribution in [0.3, 0.4) is 0 Å². The highest BCUT2D eigenvalue weighted by Crippen LogP contribution is 2.15. The first-order valence-corrected chi connectivity index (χ1v) is 7.81. The minimum atomic E-state index is 0.517. The van der Waals surface area contributed by atoms with E-state index in [-0.39, 0.29) is 0 Å². The number of guanidine groups is 1. The lowest BCUT2D eigenvalue weighted by Gasteiger charge is -2.37. The first-order valence-electron chi connectivity index (χ1n) is 7.81. The maximum Gasteiger partial charge on any atom is 0.223 e. The molecule has 0 radical (unpaired) electrons. The number of rotatable bonds is 3. The van der Waals surface area contributed by atoms with E-state index >= 15 is 0 Å². The quantitative estimate of drug-likeness (QED) is 0.680. The van der Waals surface area contributed by atoms with Gasteiger partial charge in [0.1, 0.15) is 0 Å². The van der Waals surface area contributed by atoms with Crippen molar-refractivity contribution in [2.24, 2.45) is 4.99 Å². The van der Waals surface area contributed by atoms with Gasteiger partial charge in [-0.05, 0) is 12.1 Å². The Hall–Kier alpha value is -2.57. The number of nitrogens with zero attached hydrogens (tertiary/aromatic N) is 5. The highest BCUT2D eigenvalue weighted by Gasteiger charge is 2.19. The zero-order valence-electron chi connectivity index (χ0n) is 13.6. The fraction of sp³-hybridized carbons (Fsp3) is 0.438. The van der Waals surface area contributed by atoms with Crippen LogP contribution in [0.1, 0.15) is 11.7 Å². The van der Waals surface area contributed by atoms with Crippen molar-refractivity contribution in [1.82, 2.24) is 20.4 Å². The van der Waals surface area contributed by atoms with Crippen molar-refractivity contribution in [2.45, 2.75) is 13.5 Å². The number of aryl methyl sites for hydroxylation is 1. The van der Waals surface area contributed by atoms with Gasteiger partial charge in [0.15, 0.2) is 11.8 Å². The van der Waals surface area contributed by atoms with Crippen LogP contribution in [0.15, 0.2) is 39.8 Å². The molecule has 7 heteroatoms. The largest absolute Gasteiger partial charge is 0.368 e. The second-order valence-electron chi connectivity index (χ2n) is 5.44. The van der Waals surface area contributed by atoms with E-state index in [4.69, 9.17) is 4.52 Å². The normalized spacial score (nSPS) is 15.8. The molecule has 1 aromatic carbocycles. The molecule has 122 valence electrons. The topological polar surface area (TPSA) is 69.8 Å². The molecule has 0 spiro atoms. The third kappa shape index (κ3) is 3.80. The number of nitrogens with one attached hydrogen (secondary N) is 1. The Labute approximate surface area is 136 Å². The standard InChI is InChI=1S/C16H22N6O/c1-13-19-15(20-23-13)12-18-16(17-2)22-10-8-21(9-11-22)14-6-4-3-5-7-14/h3-7H,8-12H2,1-2H3,(H,17,18). The monoisotopic (exact) mass is 314 g/mol. The second kappa shape index (κ2) is 7.13. The lowest BCUT2D eigenvalue weighted by atomic mass is 10.2. The number of anilines is 1. The molecule has 1 aromatic heterocycles. The molecule has 3 rings (SSSR count). The maximum atomic E-state index is 4.98. The van der Waals surface area contributed by atoms with Gasteiger partial charge in [-0.2, -0.15) is 4.98 Å². The molecule has 0 unspecified atom stereocenters. The van der Waals surface area contributed by atoms with Gasteiger partial charge in [-0.25, -0.2) is 0 Å². The van der Waals surface area contributed by atoms with Crippen molar-refractivity contribution in [3.8, 4) is 0 Å². The molecule has 1 saturated heterocycles. The summed E-state index contributed by atoms with van der Waals surface area (Å²) in [6.07, 6.45) is 0. The summed E-state index contributed by atoms with van der Waals surface area (Å²) >= 11 is 0. The van der Waals surface area contributed by atoms with Crippen molar-refractivity contribution in [3.63, 3.8) is 0 Å². The molecule has 2 heterocycles. The van der Waals surface area contributed by atoms with E-state index in [1.807, 2.05) is 6.07 Å². The van der Waals surface area contributed by atoms with Crippen molar-refractivity contribution >= 4 is 11.6 Å². The molecule has 1 N–H and O–H groups in total. The molecular formula is C16H22N6O. The Morgan fingerprint density at radius 1 is 1.22 bits per heavy atom. The Balaban J connectivity index is 1.53. The molecule has 7 nitrogen and oxygen atoms in total. The summed E-state index contributed by atoms with van der Waals surface area (Å²) in [4.78, 5) is 13.2. The van der Waals surface area contributed by atoms with Crippen molar-refractivity contribution in [3.05, 3.63) is 42.0 Å². The Morgan fingerprint density at radius 2 is 1.96 bits per heavy atom. The molecule has 23 heavy (non-hydrogen) atoms.